The zero-order chi connectivity index (χ0) is 16.7. The number of halogens is 3. The lowest BCUT2D eigenvalue weighted by molar-refractivity contribution is -0.0504. The topological polar surface area (TPSA) is 58.8 Å². The van der Waals surface area contributed by atoms with Gasteiger partial charge in [-0.1, -0.05) is 15.9 Å². The Morgan fingerprint density at radius 3 is 2.74 bits per heavy atom. The van der Waals surface area contributed by atoms with Crippen molar-refractivity contribution < 1.29 is 17.9 Å². The molecule has 23 heavy (non-hydrogen) atoms. The molecule has 0 spiro atoms. The Bertz CT molecular complexity index is 648. The van der Waals surface area contributed by atoms with Gasteiger partial charge in [-0.15, -0.1) is 0 Å². The van der Waals surface area contributed by atoms with Crippen LogP contribution in [0.4, 0.5) is 8.78 Å². The number of guanidine groups is 1. The molecule has 5 nitrogen and oxygen atoms in total. The van der Waals surface area contributed by atoms with Crippen molar-refractivity contribution >= 4 is 21.9 Å². The second kappa shape index (κ2) is 8.52. The number of alkyl halides is 2. The maximum absolute atomic E-state index is 12.4. The first-order chi connectivity index (χ1) is 11.1. The van der Waals surface area contributed by atoms with Crippen LogP contribution in [0.15, 0.2) is 50.5 Å². The summed E-state index contributed by atoms with van der Waals surface area (Å²) in [5.74, 6) is 1.40. The van der Waals surface area contributed by atoms with Crippen LogP contribution in [0.2, 0.25) is 0 Å². The Kier molecular flexibility index (Phi) is 6.40. The molecule has 124 valence electrons. The van der Waals surface area contributed by atoms with E-state index in [1.807, 2.05) is 6.07 Å². The highest BCUT2D eigenvalue weighted by molar-refractivity contribution is 9.10. The molecular weight excluding hydrogens is 372 g/mol. The summed E-state index contributed by atoms with van der Waals surface area (Å²) in [6, 6.07) is 8.48. The number of rotatable bonds is 6. The summed E-state index contributed by atoms with van der Waals surface area (Å²) in [7, 11) is 1.62. The van der Waals surface area contributed by atoms with Crippen LogP contribution in [-0.4, -0.2) is 19.6 Å². The third-order valence-electron chi connectivity index (χ3n) is 2.92. The third-order valence-corrected chi connectivity index (χ3v) is 3.41. The molecule has 0 saturated heterocycles. The van der Waals surface area contributed by atoms with E-state index in [-0.39, 0.29) is 12.3 Å². The van der Waals surface area contributed by atoms with E-state index >= 15 is 0 Å². The van der Waals surface area contributed by atoms with Crippen molar-refractivity contribution in [3.8, 4) is 5.75 Å². The first-order valence-corrected chi connectivity index (χ1v) is 7.58. The quantitative estimate of drug-likeness (QED) is 0.588. The largest absolute Gasteiger partial charge is 0.467 e. The molecule has 0 aliphatic rings. The van der Waals surface area contributed by atoms with Crippen LogP contribution in [-0.2, 0) is 13.1 Å². The van der Waals surface area contributed by atoms with Crippen molar-refractivity contribution in [3.05, 3.63) is 52.4 Å². The van der Waals surface area contributed by atoms with Crippen molar-refractivity contribution in [1.82, 2.24) is 10.6 Å². The Morgan fingerprint density at radius 1 is 1.30 bits per heavy atom. The first-order valence-electron chi connectivity index (χ1n) is 6.78. The number of hydrogen-bond donors (Lipinski definition) is 2. The monoisotopic (exact) mass is 387 g/mol. The van der Waals surface area contributed by atoms with E-state index in [1.54, 1.807) is 31.5 Å². The van der Waals surface area contributed by atoms with E-state index in [2.05, 4.69) is 36.3 Å². The molecule has 0 aliphatic carbocycles. The minimum absolute atomic E-state index is 0.122. The van der Waals surface area contributed by atoms with Crippen LogP contribution in [0.1, 0.15) is 11.3 Å². The van der Waals surface area contributed by atoms with Crippen LogP contribution in [0.25, 0.3) is 0 Å². The van der Waals surface area contributed by atoms with Crippen LogP contribution >= 0.6 is 15.9 Å². The van der Waals surface area contributed by atoms with Gasteiger partial charge in [-0.25, -0.2) is 0 Å². The van der Waals surface area contributed by atoms with Gasteiger partial charge in [0.25, 0.3) is 0 Å². The predicted octanol–water partition coefficient (Wildman–Crippen LogP) is 3.51. The summed E-state index contributed by atoms with van der Waals surface area (Å²) < 4.78 is 35.4. The van der Waals surface area contributed by atoms with Crippen LogP contribution in [0.5, 0.6) is 5.75 Å². The zero-order valence-corrected chi connectivity index (χ0v) is 13.9. The average molecular weight is 388 g/mol. The number of nitrogens with zero attached hydrogens (tertiary/aromatic N) is 1. The minimum Gasteiger partial charge on any atom is -0.467 e. The number of benzene rings is 1. The Morgan fingerprint density at radius 2 is 2.09 bits per heavy atom. The molecule has 1 aromatic heterocycles. The third kappa shape index (κ3) is 5.55. The minimum atomic E-state index is -2.87. The van der Waals surface area contributed by atoms with E-state index in [9.17, 15) is 8.78 Å². The standard InChI is InChI=1S/C15H16BrF2N3O2/c1-19-15(21-9-12-3-2-6-22-12)20-8-10-7-11(16)4-5-13(10)23-14(17)18/h2-7,14H,8-9H2,1H3,(H2,19,20,21). The highest BCUT2D eigenvalue weighted by atomic mass is 79.9. The van der Waals surface area contributed by atoms with Gasteiger partial charge in [0, 0.05) is 23.6 Å². The molecular formula is C15H16BrF2N3O2. The first kappa shape index (κ1) is 17.3. The lowest BCUT2D eigenvalue weighted by Gasteiger charge is -2.14. The number of furan rings is 1. The molecule has 1 aromatic carbocycles. The number of aliphatic imine (C=N–C) groups is 1. The van der Waals surface area contributed by atoms with Gasteiger partial charge in [-0.05, 0) is 30.3 Å². The smallest absolute Gasteiger partial charge is 0.387 e. The summed E-state index contributed by atoms with van der Waals surface area (Å²) in [5, 5.41) is 6.10. The van der Waals surface area contributed by atoms with Gasteiger partial charge < -0.3 is 19.8 Å². The number of ether oxygens (including phenoxy) is 1. The fraction of sp³-hybridized carbons (Fsp3) is 0.267. The van der Waals surface area contributed by atoms with Crippen molar-refractivity contribution in [2.75, 3.05) is 7.05 Å². The maximum Gasteiger partial charge on any atom is 0.387 e. The lowest BCUT2D eigenvalue weighted by atomic mass is 10.2. The Balaban J connectivity index is 1.96. The second-order valence-corrected chi connectivity index (χ2v) is 5.40. The lowest BCUT2D eigenvalue weighted by Crippen LogP contribution is -2.36. The average Bonchev–Trinajstić information content (AvgIpc) is 3.03. The fourth-order valence-electron chi connectivity index (χ4n) is 1.88. The van der Waals surface area contributed by atoms with Crippen LogP contribution in [0, 0.1) is 0 Å². The fourth-order valence-corrected chi connectivity index (χ4v) is 2.29. The molecule has 0 saturated carbocycles. The summed E-state index contributed by atoms with van der Waals surface area (Å²) in [6.07, 6.45) is 1.59. The van der Waals surface area contributed by atoms with Gasteiger partial charge in [0.05, 0.1) is 12.8 Å². The van der Waals surface area contributed by atoms with Crippen molar-refractivity contribution in [1.29, 1.82) is 0 Å². The van der Waals surface area contributed by atoms with Gasteiger partial charge in [0.15, 0.2) is 5.96 Å². The summed E-state index contributed by atoms with van der Waals surface area (Å²) in [4.78, 5) is 4.07. The van der Waals surface area contributed by atoms with Crippen LogP contribution < -0.4 is 15.4 Å². The molecule has 0 aliphatic heterocycles. The highest BCUT2D eigenvalue weighted by Gasteiger charge is 2.11. The Hall–Kier alpha value is -2.09. The molecule has 8 heteroatoms. The van der Waals surface area contributed by atoms with E-state index < -0.39 is 6.61 Å². The molecule has 2 aromatic rings. The summed E-state index contributed by atoms with van der Waals surface area (Å²) in [5.41, 5.74) is 0.584. The van der Waals surface area contributed by atoms with E-state index in [1.165, 1.54) is 6.07 Å². The SMILES string of the molecule is CN=C(NCc1ccco1)NCc1cc(Br)ccc1OC(F)F. The summed E-state index contributed by atoms with van der Waals surface area (Å²) in [6.45, 7) is -2.13. The van der Waals surface area contributed by atoms with Gasteiger partial charge in [-0.3, -0.25) is 4.99 Å². The maximum atomic E-state index is 12.4. The van der Waals surface area contributed by atoms with Gasteiger partial charge >= 0.3 is 6.61 Å². The van der Waals surface area contributed by atoms with Gasteiger partial charge in [0.1, 0.15) is 11.5 Å². The van der Waals surface area contributed by atoms with Gasteiger partial charge in [-0.2, -0.15) is 8.78 Å². The van der Waals surface area contributed by atoms with Crippen LogP contribution in [0.3, 0.4) is 0 Å². The van der Waals surface area contributed by atoms with E-state index in [0.29, 0.717) is 18.1 Å². The van der Waals surface area contributed by atoms with Crippen molar-refractivity contribution in [2.45, 2.75) is 19.7 Å². The molecule has 0 radical (unpaired) electrons. The highest BCUT2D eigenvalue weighted by Crippen LogP contribution is 2.24. The molecule has 0 bridgehead atoms. The normalized spacial score (nSPS) is 11.6. The molecule has 2 N–H and O–H groups in total. The van der Waals surface area contributed by atoms with Crippen molar-refractivity contribution in [3.63, 3.8) is 0 Å². The van der Waals surface area contributed by atoms with E-state index in [0.717, 1.165) is 10.2 Å². The van der Waals surface area contributed by atoms with E-state index in [4.69, 9.17) is 4.42 Å². The predicted molar refractivity (Wildman–Crippen MR) is 86.5 cm³/mol. The molecule has 0 unspecified atom stereocenters. The molecule has 0 amide bonds. The molecule has 0 fully saturated rings. The van der Waals surface area contributed by atoms with Crippen molar-refractivity contribution in [2.24, 2.45) is 4.99 Å². The second-order valence-electron chi connectivity index (χ2n) is 4.49. The van der Waals surface area contributed by atoms with Gasteiger partial charge in [0.2, 0.25) is 0 Å². The summed E-state index contributed by atoms with van der Waals surface area (Å²) >= 11 is 3.31. The zero-order valence-electron chi connectivity index (χ0n) is 12.4. The molecule has 0 atom stereocenters. The molecule has 1 heterocycles. The Labute approximate surface area is 140 Å². The molecule has 2 rings (SSSR count). The number of nitrogens with one attached hydrogen (secondary N) is 2. The number of hydrogen-bond acceptors (Lipinski definition) is 3.